The Balaban J connectivity index is -0.0000000349. The first-order valence-corrected chi connectivity index (χ1v) is 11.0. The lowest BCUT2D eigenvalue weighted by Crippen LogP contribution is -1.83. The van der Waals surface area contributed by atoms with Gasteiger partial charge in [0.15, 0.2) is 0 Å². The summed E-state index contributed by atoms with van der Waals surface area (Å²) in [6.45, 7) is 27.1. The molecule has 0 saturated heterocycles. The summed E-state index contributed by atoms with van der Waals surface area (Å²) in [5, 5.41) is 3.83. The molecular formula is C24H60N2. The molecule has 2 nitrogen and oxygen atoms in total. The predicted octanol–water partition coefficient (Wildman–Crippen LogP) is 9.80. The monoisotopic (exact) mass is 376 g/mol. The van der Waals surface area contributed by atoms with Crippen LogP contribution in [0.25, 0.3) is 0 Å². The van der Waals surface area contributed by atoms with Crippen molar-refractivity contribution in [3.05, 3.63) is 18.5 Å². The van der Waals surface area contributed by atoms with Crippen molar-refractivity contribution >= 4 is 0 Å². The fourth-order valence-corrected chi connectivity index (χ4v) is 0.958. The van der Waals surface area contributed by atoms with E-state index in [4.69, 9.17) is 0 Å². The molecule has 0 unspecified atom stereocenters. The second-order valence-corrected chi connectivity index (χ2v) is 4.72. The summed E-state index contributed by atoms with van der Waals surface area (Å²) in [6, 6.07) is 1.89. The van der Waals surface area contributed by atoms with Crippen LogP contribution in [-0.4, -0.2) is 9.78 Å². The number of rotatable bonds is 4. The van der Waals surface area contributed by atoms with Gasteiger partial charge in [0.05, 0.1) is 0 Å². The van der Waals surface area contributed by atoms with E-state index in [1.807, 2.05) is 74.7 Å². The maximum Gasteiger partial charge on any atom is 0.0489 e. The molecule has 1 heterocycles. The molecule has 0 bridgehead atoms. The van der Waals surface area contributed by atoms with Gasteiger partial charge in [0.25, 0.3) is 0 Å². The van der Waals surface area contributed by atoms with Crippen molar-refractivity contribution in [2.45, 2.75) is 130 Å². The zero-order valence-corrected chi connectivity index (χ0v) is 20.7. The topological polar surface area (TPSA) is 17.8 Å². The molecule has 0 fully saturated rings. The largest absolute Gasteiger partial charge is 0.276 e. The maximum atomic E-state index is 3.83. The maximum absolute atomic E-state index is 3.83. The number of unbranched alkanes of at least 4 members (excludes halogenated alkanes) is 2. The van der Waals surface area contributed by atoms with Crippen LogP contribution in [0.3, 0.4) is 0 Å². The Bertz CT molecular complexity index is 202. The Morgan fingerprint density at radius 1 is 0.769 bits per heavy atom. The number of aromatic nitrogens is 2. The third kappa shape index (κ3) is 91.1. The van der Waals surface area contributed by atoms with E-state index >= 15 is 0 Å². The van der Waals surface area contributed by atoms with E-state index in [1.54, 1.807) is 10.9 Å². The molecule has 1 aromatic rings. The molecule has 0 aliphatic carbocycles. The van der Waals surface area contributed by atoms with Gasteiger partial charge in [0.1, 0.15) is 0 Å². The van der Waals surface area contributed by atoms with Crippen LogP contribution in [0.4, 0.5) is 0 Å². The molecule has 0 aromatic carbocycles. The molecule has 0 radical (unpaired) electrons. The van der Waals surface area contributed by atoms with Gasteiger partial charge in [0, 0.05) is 19.4 Å². The first kappa shape index (κ1) is 44.6. The van der Waals surface area contributed by atoms with E-state index in [-0.39, 0.29) is 7.43 Å². The van der Waals surface area contributed by atoms with Crippen molar-refractivity contribution in [1.82, 2.24) is 9.78 Å². The molecule has 1 rings (SSSR count). The van der Waals surface area contributed by atoms with Crippen molar-refractivity contribution in [3.8, 4) is 0 Å². The van der Waals surface area contributed by atoms with Gasteiger partial charge >= 0.3 is 0 Å². The Kier molecular flexibility index (Phi) is 111. The molecule has 0 amide bonds. The molecule has 1 aromatic heterocycles. The zero-order chi connectivity index (χ0) is 21.5. The highest BCUT2D eigenvalue weighted by atomic mass is 15.2. The van der Waals surface area contributed by atoms with Crippen LogP contribution in [0.5, 0.6) is 0 Å². The SMILES string of the molecule is C.CC.CC.CC.CC.CCCC.CCCCC(C)C.Cn1cccn1. The minimum Gasteiger partial charge on any atom is -0.276 e. The Morgan fingerprint density at radius 2 is 1.15 bits per heavy atom. The highest BCUT2D eigenvalue weighted by Gasteiger charge is 1.88. The second-order valence-electron chi connectivity index (χ2n) is 4.72. The number of hydrogen-bond donors (Lipinski definition) is 0. The lowest BCUT2D eigenvalue weighted by atomic mass is 10.1. The van der Waals surface area contributed by atoms with Crippen LogP contribution in [0.1, 0.15) is 130 Å². The fraction of sp³-hybridized carbons (Fsp3) is 0.875. The third-order valence-corrected chi connectivity index (χ3v) is 2.27. The molecule has 26 heavy (non-hydrogen) atoms. The Labute approximate surface area is 171 Å². The summed E-state index contributed by atoms with van der Waals surface area (Å²) >= 11 is 0. The number of aryl methyl sites for hydroxylation is 1. The minimum absolute atomic E-state index is 0. The summed E-state index contributed by atoms with van der Waals surface area (Å²) in [4.78, 5) is 0. The average molecular weight is 377 g/mol. The first-order valence-electron chi connectivity index (χ1n) is 11.0. The van der Waals surface area contributed by atoms with Crippen molar-refractivity contribution in [3.63, 3.8) is 0 Å². The van der Waals surface area contributed by atoms with Gasteiger partial charge < -0.3 is 0 Å². The second kappa shape index (κ2) is 64.6. The summed E-state index contributed by atoms with van der Waals surface area (Å²) in [5.74, 6) is 0.903. The summed E-state index contributed by atoms with van der Waals surface area (Å²) in [6.07, 6.45) is 10.4. The van der Waals surface area contributed by atoms with Crippen LogP contribution in [0, 0.1) is 5.92 Å². The molecule has 0 aliphatic heterocycles. The highest BCUT2D eigenvalue weighted by Crippen LogP contribution is 2.04. The van der Waals surface area contributed by atoms with Gasteiger partial charge in [-0.15, -0.1) is 0 Å². The average Bonchev–Trinajstić information content (AvgIpc) is 3.18. The lowest BCUT2D eigenvalue weighted by molar-refractivity contribution is 0.550. The van der Waals surface area contributed by atoms with E-state index in [2.05, 4.69) is 39.7 Å². The van der Waals surface area contributed by atoms with E-state index in [1.165, 1.54) is 32.1 Å². The molecule has 0 saturated carbocycles. The van der Waals surface area contributed by atoms with Crippen molar-refractivity contribution < 1.29 is 0 Å². The minimum atomic E-state index is 0. The highest BCUT2D eigenvalue weighted by molar-refractivity contribution is 4.75. The first-order chi connectivity index (χ1) is 12.1. The summed E-state index contributed by atoms with van der Waals surface area (Å²) < 4.78 is 1.75. The molecule has 0 spiro atoms. The molecule has 166 valence electrons. The third-order valence-electron chi connectivity index (χ3n) is 2.27. The van der Waals surface area contributed by atoms with E-state index in [0.29, 0.717) is 0 Å². The predicted molar refractivity (Wildman–Crippen MR) is 130 cm³/mol. The number of hydrogen-bond acceptors (Lipinski definition) is 1. The van der Waals surface area contributed by atoms with Crippen molar-refractivity contribution in [2.75, 3.05) is 0 Å². The lowest BCUT2D eigenvalue weighted by Gasteiger charge is -1.98. The molecule has 2 heteroatoms. The summed E-state index contributed by atoms with van der Waals surface area (Å²) in [7, 11) is 1.89. The van der Waals surface area contributed by atoms with Gasteiger partial charge in [-0.3, -0.25) is 4.68 Å². The standard InChI is InChI=1S/C7H16.C4H6N2.C4H10.4C2H6.CH4/c1-4-5-6-7(2)3;1-6-4-2-3-5-6;1-3-4-2;4*1-2;/h7H,4-6H2,1-3H3;2-4H,1H3;3-4H2,1-2H3;4*1-2H3;1H4. The zero-order valence-electron chi connectivity index (χ0n) is 20.7. The fourth-order valence-electron chi connectivity index (χ4n) is 0.958. The Morgan fingerprint density at radius 3 is 1.23 bits per heavy atom. The quantitative estimate of drug-likeness (QED) is 0.511. The van der Waals surface area contributed by atoms with Gasteiger partial charge in [-0.25, -0.2) is 0 Å². The van der Waals surface area contributed by atoms with Gasteiger partial charge in [-0.1, -0.05) is 130 Å². The van der Waals surface area contributed by atoms with Gasteiger partial charge in [-0.2, -0.15) is 5.10 Å². The molecule has 0 aliphatic rings. The van der Waals surface area contributed by atoms with Crippen LogP contribution in [0.2, 0.25) is 0 Å². The molecule has 0 atom stereocenters. The van der Waals surface area contributed by atoms with Crippen LogP contribution in [-0.2, 0) is 7.05 Å². The molecular weight excluding hydrogens is 316 g/mol. The van der Waals surface area contributed by atoms with Gasteiger partial charge in [-0.05, 0) is 12.0 Å². The Hall–Kier alpha value is -0.790. The molecule has 0 N–H and O–H groups in total. The van der Waals surface area contributed by atoms with Crippen molar-refractivity contribution in [1.29, 1.82) is 0 Å². The van der Waals surface area contributed by atoms with Crippen LogP contribution in [0.15, 0.2) is 18.5 Å². The summed E-state index contributed by atoms with van der Waals surface area (Å²) in [5.41, 5.74) is 0. The van der Waals surface area contributed by atoms with E-state index in [0.717, 1.165) is 5.92 Å². The van der Waals surface area contributed by atoms with E-state index in [9.17, 15) is 0 Å². The van der Waals surface area contributed by atoms with Crippen LogP contribution < -0.4 is 0 Å². The van der Waals surface area contributed by atoms with Gasteiger partial charge in [0.2, 0.25) is 0 Å². The van der Waals surface area contributed by atoms with Crippen LogP contribution >= 0.6 is 0 Å². The normalized spacial score (nSPS) is 6.88. The van der Waals surface area contributed by atoms with E-state index < -0.39 is 0 Å². The number of nitrogens with zero attached hydrogens (tertiary/aromatic N) is 2. The van der Waals surface area contributed by atoms with Crippen molar-refractivity contribution in [2.24, 2.45) is 13.0 Å². The smallest absolute Gasteiger partial charge is 0.0489 e.